The van der Waals surface area contributed by atoms with Gasteiger partial charge in [-0.25, -0.2) is 9.97 Å². The van der Waals surface area contributed by atoms with Crippen molar-refractivity contribution >= 4 is 5.78 Å². The molecule has 0 radical (unpaired) electrons. The van der Waals surface area contributed by atoms with Gasteiger partial charge in [0.05, 0.1) is 18.3 Å². The van der Waals surface area contributed by atoms with Gasteiger partial charge in [-0.05, 0) is 6.92 Å². The Balaban J connectivity index is 2.44. The Morgan fingerprint density at radius 2 is 2.42 bits per heavy atom. The summed E-state index contributed by atoms with van der Waals surface area (Å²) in [7, 11) is 0. The Morgan fingerprint density at radius 1 is 1.58 bits per heavy atom. The van der Waals surface area contributed by atoms with E-state index in [9.17, 15) is 4.79 Å². The molecule has 2 heterocycles. The molecular weight excluding hydrogens is 156 g/mol. The highest BCUT2D eigenvalue weighted by Gasteiger charge is 2.17. The predicted molar refractivity (Wildman–Crippen MR) is 41.0 cm³/mol. The molecule has 0 atom stereocenters. The number of ketones is 1. The fraction of sp³-hybridized carbons (Fsp3) is 0.375. The zero-order valence-electron chi connectivity index (χ0n) is 6.70. The summed E-state index contributed by atoms with van der Waals surface area (Å²) in [6.07, 6.45) is 1.99. The quantitative estimate of drug-likeness (QED) is 0.553. The Labute approximate surface area is 69.6 Å². The molecule has 0 aromatic carbocycles. The Kier molecular flexibility index (Phi) is 1.53. The van der Waals surface area contributed by atoms with Gasteiger partial charge in [0.2, 0.25) is 0 Å². The molecule has 1 aliphatic rings. The number of carbonyl (C=O) groups excluding carboxylic acids is 1. The average Bonchev–Trinajstić information content (AvgIpc) is 2.03. The van der Waals surface area contributed by atoms with Crippen LogP contribution in [0.15, 0.2) is 6.20 Å². The number of Topliss-reactive ketones (excluding diaryl/α,β-unsaturated/α-hetero) is 1. The molecule has 0 bridgehead atoms. The van der Waals surface area contributed by atoms with Crippen LogP contribution in [0.3, 0.4) is 0 Å². The smallest absolute Gasteiger partial charge is 0.176 e. The number of aromatic nitrogens is 2. The van der Waals surface area contributed by atoms with Gasteiger partial charge in [0.1, 0.15) is 12.4 Å². The first-order chi connectivity index (χ1) is 5.75. The van der Waals surface area contributed by atoms with E-state index < -0.39 is 0 Å². The first-order valence-electron chi connectivity index (χ1n) is 3.73. The van der Waals surface area contributed by atoms with Crippen molar-refractivity contribution in [3.8, 4) is 5.75 Å². The molecule has 0 fully saturated rings. The molecule has 4 nitrogen and oxygen atoms in total. The van der Waals surface area contributed by atoms with Gasteiger partial charge >= 0.3 is 0 Å². The first-order valence-corrected chi connectivity index (χ1v) is 3.73. The summed E-state index contributed by atoms with van der Waals surface area (Å²) in [4.78, 5) is 19.0. The molecule has 0 unspecified atom stereocenters. The number of hydrogen-bond donors (Lipinski definition) is 0. The van der Waals surface area contributed by atoms with Crippen molar-refractivity contribution in [2.45, 2.75) is 13.3 Å². The molecule has 0 spiro atoms. The SMILES string of the molecule is Cc1ncc2c(n1)CC(=O)CO2. The maximum Gasteiger partial charge on any atom is 0.176 e. The van der Waals surface area contributed by atoms with Gasteiger partial charge in [-0.1, -0.05) is 0 Å². The molecule has 2 rings (SSSR count). The second-order valence-electron chi connectivity index (χ2n) is 2.73. The topological polar surface area (TPSA) is 52.1 Å². The number of nitrogens with zero attached hydrogens (tertiary/aromatic N) is 2. The molecule has 4 heteroatoms. The largest absolute Gasteiger partial charge is 0.482 e. The van der Waals surface area contributed by atoms with Crippen LogP contribution in [0.25, 0.3) is 0 Å². The number of hydrogen-bond acceptors (Lipinski definition) is 4. The Bertz CT molecular complexity index is 336. The minimum atomic E-state index is 0.0700. The number of carbonyl (C=O) groups is 1. The van der Waals surface area contributed by atoms with Gasteiger partial charge in [-0.15, -0.1) is 0 Å². The summed E-state index contributed by atoms with van der Waals surface area (Å²) in [5.41, 5.74) is 0.707. The highest BCUT2D eigenvalue weighted by atomic mass is 16.5. The number of aryl methyl sites for hydroxylation is 1. The summed E-state index contributed by atoms with van der Waals surface area (Å²) in [5, 5.41) is 0. The van der Waals surface area contributed by atoms with E-state index in [1.165, 1.54) is 0 Å². The van der Waals surface area contributed by atoms with Gasteiger partial charge in [-0.3, -0.25) is 4.79 Å². The van der Waals surface area contributed by atoms with Crippen molar-refractivity contribution in [1.82, 2.24) is 9.97 Å². The van der Waals surface area contributed by atoms with E-state index in [4.69, 9.17) is 4.74 Å². The molecule has 0 amide bonds. The zero-order chi connectivity index (χ0) is 8.55. The number of fused-ring (bicyclic) bond motifs is 1. The predicted octanol–water partition coefficient (Wildman–Crippen LogP) is 0.289. The lowest BCUT2D eigenvalue weighted by atomic mass is 10.2. The van der Waals surface area contributed by atoms with Crippen LogP contribution in [-0.2, 0) is 11.2 Å². The van der Waals surface area contributed by atoms with Crippen LogP contribution < -0.4 is 4.74 Å². The molecular formula is C8H8N2O2. The van der Waals surface area contributed by atoms with E-state index in [2.05, 4.69) is 9.97 Å². The van der Waals surface area contributed by atoms with Crippen molar-refractivity contribution in [3.05, 3.63) is 17.7 Å². The molecule has 1 aromatic heterocycles. The second kappa shape index (κ2) is 2.55. The van der Waals surface area contributed by atoms with Crippen molar-refractivity contribution < 1.29 is 9.53 Å². The molecule has 0 saturated carbocycles. The third kappa shape index (κ3) is 1.15. The second-order valence-corrected chi connectivity index (χ2v) is 2.73. The molecule has 62 valence electrons. The summed E-state index contributed by atoms with van der Waals surface area (Å²) in [5.74, 6) is 1.38. The first kappa shape index (κ1) is 7.21. The highest BCUT2D eigenvalue weighted by molar-refractivity contribution is 5.83. The fourth-order valence-corrected chi connectivity index (χ4v) is 1.15. The lowest BCUT2D eigenvalue weighted by Gasteiger charge is -2.14. The maximum atomic E-state index is 11.0. The lowest BCUT2D eigenvalue weighted by molar-refractivity contribution is -0.121. The van der Waals surface area contributed by atoms with Gasteiger partial charge < -0.3 is 4.74 Å². The van der Waals surface area contributed by atoms with Gasteiger partial charge in [-0.2, -0.15) is 0 Å². The standard InChI is InChI=1S/C8H8N2O2/c1-5-9-3-8-7(10-5)2-6(11)4-12-8/h3H,2,4H2,1H3. The third-order valence-corrected chi connectivity index (χ3v) is 1.70. The summed E-state index contributed by atoms with van der Waals surface area (Å²) in [6.45, 7) is 1.94. The highest BCUT2D eigenvalue weighted by Crippen LogP contribution is 2.19. The Morgan fingerprint density at radius 3 is 3.25 bits per heavy atom. The minimum absolute atomic E-state index is 0.0700. The van der Waals surface area contributed by atoms with E-state index in [-0.39, 0.29) is 12.4 Å². The summed E-state index contributed by atoms with van der Waals surface area (Å²) >= 11 is 0. The molecule has 0 N–H and O–H groups in total. The van der Waals surface area contributed by atoms with E-state index >= 15 is 0 Å². The lowest BCUT2D eigenvalue weighted by Crippen LogP contribution is -2.21. The summed E-state index contributed by atoms with van der Waals surface area (Å²) in [6, 6.07) is 0. The van der Waals surface area contributed by atoms with E-state index in [1.54, 1.807) is 13.1 Å². The van der Waals surface area contributed by atoms with Gasteiger partial charge in [0.15, 0.2) is 11.5 Å². The van der Waals surface area contributed by atoms with Crippen LogP contribution in [0.5, 0.6) is 5.75 Å². The van der Waals surface area contributed by atoms with Crippen LogP contribution in [0.1, 0.15) is 11.5 Å². The van der Waals surface area contributed by atoms with Crippen LogP contribution in [0.2, 0.25) is 0 Å². The molecule has 1 aliphatic heterocycles. The van der Waals surface area contributed by atoms with Gasteiger partial charge in [0, 0.05) is 0 Å². The number of ether oxygens (including phenoxy) is 1. The zero-order valence-corrected chi connectivity index (χ0v) is 6.70. The van der Waals surface area contributed by atoms with Crippen molar-refractivity contribution in [2.75, 3.05) is 6.61 Å². The minimum Gasteiger partial charge on any atom is -0.482 e. The Hall–Kier alpha value is -1.45. The molecule has 1 aromatic rings. The molecule has 0 saturated heterocycles. The van der Waals surface area contributed by atoms with E-state index in [0.717, 1.165) is 0 Å². The van der Waals surface area contributed by atoms with E-state index in [0.29, 0.717) is 23.7 Å². The molecule has 0 aliphatic carbocycles. The van der Waals surface area contributed by atoms with Crippen molar-refractivity contribution in [1.29, 1.82) is 0 Å². The van der Waals surface area contributed by atoms with Crippen molar-refractivity contribution in [2.24, 2.45) is 0 Å². The number of rotatable bonds is 0. The average molecular weight is 164 g/mol. The maximum absolute atomic E-state index is 11.0. The van der Waals surface area contributed by atoms with E-state index in [1.807, 2.05) is 0 Å². The van der Waals surface area contributed by atoms with Crippen LogP contribution >= 0.6 is 0 Å². The van der Waals surface area contributed by atoms with Crippen LogP contribution in [0.4, 0.5) is 0 Å². The monoisotopic (exact) mass is 164 g/mol. The molecule has 12 heavy (non-hydrogen) atoms. The van der Waals surface area contributed by atoms with Crippen LogP contribution in [0, 0.1) is 6.92 Å². The van der Waals surface area contributed by atoms with Crippen LogP contribution in [-0.4, -0.2) is 22.4 Å². The van der Waals surface area contributed by atoms with Gasteiger partial charge in [0.25, 0.3) is 0 Å². The fourth-order valence-electron chi connectivity index (χ4n) is 1.15. The van der Waals surface area contributed by atoms with Crippen molar-refractivity contribution in [3.63, 3.8) is 0 Å². The normalized spacial score (nSPS) is 15.2. The third-order valence-electron chi connectivity index (χ3n) is 1.70. The summed E-state index contributed by atoms with van der Waals surface area (Å²) < 4.78 is 5.12.